The minimum absolute atomic E-state index is 0.583. The fourth-order valence-corrected chi connectivity index (χ4v) is 1.69. The molecule has 0 fully saturated rings. The minimum atomic E-state index is 0.583. The maximum absolute atomic E-state index is 2.31. The average molecular weight is 170 g/mol. The van der Waals surface area contributed by atoms with Crippen LogP contribution in [0, 0.1) is 0 Å². The fourth-order valence-electron chi connectivity index (χ4n) is 1.69. The predicted molar refractivity (Wildman–Crippen MR) is 56.7 cm³/mol. The van der Waals surface area contributed by atoms with Gasteiger partial charge in [-0.25, -0.2) is 0 Å². The molecule has 1 aromatic rings. The Bertz CT molecular complexity index is 306. The van der Waals surface area contributed by atoms with Gasteiger partial charge in [0.1, 0.15) is 0 Å². The summed E-state index contributed by atoms with van der Waals surface area (Å²) in [7, 11) is 0. The Morgan fingerprint density at radius 3 is 2.62 bits per heavy atom. The van der Waals surface area contributed by atoms with Crippen LogP contribution in [0.3, 0.4) is 0 Å². The van der Waals surface area contributed by atoms with Gasteiger partial charge in [-0.2, -0.15) is 0 Å². The van der Waals surface area contributed by atoms with Gasteiger partial charge in [0, 0.05) is 5.92 Å². The van der Waals surface area contributed by atoms with Crippen molar-refractivity contribution in [3.05, 3.63) is 60.2 Å². The zero-order valence-electron chi connectivity index (χ0n) is 7.69. The number of benzene rings is 1. The molecule has 1 atom stereocenters. The van der Waals surface area contributed by atoms with Crippen molar-refractivity contribution in [2.24, 2.45) is 0 Å². The molecular formula is C13H14. The summed E-state index contributed by atoms with van der Waals surface area (Å²) in [6.45, 7) is 0. The van der Waals surface area contributed by atoms with Crippen molar-refractivity contribution in [3.63, 3.8) is 0 Å². The third-order valence-corrected chi connectivity index (χ3v) is 2.42. The summed E-state index contributed by atoms with van der Waals surface area (Å²) in [4.78, 5) is 0. The second kappa shape index (κ2) is 4.08. The molecular weight excluding hydrogens is 156 g/mol. The summed E-state index contributed by atoms with van der Waals surface area (Å²) in [6, 6.07) is 10.7. The van der Waals surface area contributed by atoms with Crippen molar-refractivity contribution >= 4 is 0 Å². The van der Waals surface area contributed by atoms with Crippen molar-refractivity contribution in [3.8, 4) is 0 Å². The first kappa shape index (κ1) is 8.31. The maximum atomic E-state index is 2.31. The monoisotopic (exact) mass is 170 g/mol. The normalized spacial score (nSPS) is 21.4. The van der Waals surface area contributed by atoms with E-state index in [1.165, 1.54) is 5.56 Å². The number of rotatable bonds is 1. The van der Waals surface area contributed by atoms with Crippen molar-refractivity contribution < 1.29 is 0 Å². The van der Waals surface area contributed by atoms with Crippen LogP contribution in [0.2, 0.25) is 0 Å². The van der Waals surface area contributed by atoms with Crippen LogP contribution in [-0.4, -0.2) is 0 Å². The molecule has 0 spiro atoms. The van der Waals surface area contributed by atoms with E-state index in [-0.39, 0.29) is 0 Å². The lowest BCUT2D eigenvalue weighted by atomic mass is 9.96. The molecule has 0 heterocycles. The summed E-state index contributed by atoms with van der Waals surface area (Å²) in [5.74, 6) is 0.583. The molecule has 13 heavy (non-hydrogen) atoms. The molecule has 0 N–H and O–H groups in total. The molecule has 1 aromatic carbocycles. The van der Waals surface area contributed by atoms with Crippen LogP contribution in [0.25, 0.3) is 0 Å². The van der Waals surface area contributed by atoms with Gasteiger partial charge in [0.2, 0.25) is 0 Å². The molecule has 0 heteroatoms. The maximum Gasteiger partial charge on any atom is 0.00525 e. The Kier molecular flexibility index (Phi) is 2.61. The summed E-state index contributed by atoms with van der Waals surface area (Å²) in [5, 5.41) is 0. The van der Waals surface area contributed by atoms with Gasteiger partial charge in [0.25, 0.3) is 0 Å². The predicted octanol–water partition coefficient (Wildman–Crippen LogP) is 3.68. The van der Waals surface area contributed by atoms with Gasteiger partial charge in [0.05, 0.1) is 0 Å². The lowest BCUT2D eigenvalue weighted by Crippen LogP contribution is -1.91. The first-order valence-electron chi connectivity index (χ1n) is 4.83. The molecule has 0 bridgehead atoms. The first-order valence-corrected chi connectivity index (χ1v) is 4.83. The van der Waals surface area contributed by atoms with E-state index in [0.717, 1.165) is 12.8 Å². The first-order chi connectivity index (χ1) is 6.47. The topological polar surface area (TPSA) is 0 Å². The van der Waals surface area contributed by atoms with E-state index in [0.29, 0.717) is 5.92 Å². The quantitative estimate of drug-likeness (QED) is 0.564. The zero-order chi connectivity index (χ0) is 8.93. The average Bonchev–Trinajstić information content (AvgIpc) is 2.47. The highest BCUT2D eigenvalue weighted by atomic mass is 14.1. The van der Waals surface area contributed by atoms with Crippen LogP contribution in [0.1, 0.15) is 24.3 Å². The van der Waals surface area contributed by atoms with Gasteiger partial charge in [0.15, 0.2) is 0 Å². The van der Waals surface area contributed by atoms with Crippen LogP contribution in [0.15, 0.2) is 54.6 Å². The van der Waals surface area contributed by atoms with Crippen LogP contribution in [0.5, 0.6) is 0 Å². The molecule has 0 saturated carbocycles. The molecule has 0 aliphatic heterocycles. The molecule has 66 valence electrons. The van der Waals surface area contributed by atoms with Crippen LogP contribution < -0.4 is 0 Å². The molecule has 2 rings (SSSR count). The Morgan fingerprint density at radius 2 is 1.77 bits per heavy atom. The number of hydrogen-bond acceptors (Lipinski definition) is 0. The number of hydrogen-bond donors (Lipinski definition) is 0. The standard InChI is InChI=1S/C13H14/c1-2-5-9-12(8-4-1)13-10-6-3-7-11-13/h1,3-7,9-12H,2,8H2/t12-/m1/s1. The molecule has 0 unspecified atom stereocenters. The SMILES string of the molecule is C1=CC[C@@H](c2ccccc2)C=CC1. The molecule has 0 nitrogen and oxygen atoms in total. The van der Waals surface area contributed by atoms with E-state index in [1.807, 2.05) is 0 Å². The molecule has 0 saturated heterocycles. The second-order valence-corrected chi connectivity index (χ2v) is 3.39. The Morgan fingerprint density at radius 1 is 0.923 bits per heavy atom. The van der Waals surface area contributed by atoms with Crippen molar-refractivity contribution in [1.82, 2.24) is 0 Å². The Labute approximate surface area is 79.6 Å². The van der Waals surface area contributed by atoms with Crippen molar-refractivity contribution in [2.75, 3.05) is 0 Å². The van der Waals surface area contributed by atoms with Gasteiger partial charge < -0.3 is 0 Å². The van der Waals surface area contributed by atoms with Crippen molar-refractivity contribution in [2.45, 2.75) is 18.8 Å². The molecule has 1 aliphatic carbocycles. The van der Waals surface area contributed by atoms with E-state index in [2.05, 4.69) is 54.6 Å². The highest BCUT2D eigenvalue weighted by Gasteiger charge is 2.05. The van der Waals surface area contributed by atoms with E-state index in [1.54, 1.807) is 0 Å². The third kappa shape index (κ3) is 2.09. The third-order valence-electron chi connectivity index (χ3n) is 2.42. The Balaban J connectivity index is 2.21. The van der Waals surface area contributed by atoms with Crippen molar-refractivity contribution in [1.29, 1.82) is 0 Å². The minimum Gasteiger partial charge on any atom is -0.0873 e. The van der Waals surface area contributed by atoms with E-state index < -0.39 is 0 Å². The molecule has 0 aromatic heterocycles. The summed E-state index contributed by atoms with van der Waals surface area (Å²) in [6.07, 6.45) is 11.3. The van der Waals surface area contributed by atoms with E-state index in [9.17, 15) is 0 Å². The Hall–Kier alpha value is -1.30. The highest BCUT2D eigenvalue weighted by molar-refractivity contribution is 5.25. The van der Waals surface area contributed by atoms with Crippen LogP contribution in [-0.2, 0) is 0 Å². The number of allylic oxidation sites excluding steroid dienone is 4. The van der Waals surface area contributed by atoms with Gasteiger partial charge in [-0.3, -0.25) is 0 Å². The molecule has 0 amide bonds. The van der Waals surface area contributed by atoms with Gasteiger partial charge in [-0.1, -0.05) is 54.6 Å². The zero-order valence-corrected chi connectivity index (χ0v) is 7.69. The smallest absolute Gasteiger partial charge is 0.00525 e. The summed E-state index contributed by atoms with van der Waals surface area (Å²) in [5.41, 5.74) is 1.42. The fraction of sp³-hybridized carbons (Fsp3) is 0.231. The largest absolute Gasteiger partial charge is 0.0873 e. The molecule has 1 aliphatic rings. The highest BCUT2D eigenvalue weighted by Crippen LogP contribution is 2.23. The summed E-state index contributed by atoms with van der Waals surface area (Å²) < 4.78 is 0. The van der Waals surface area contributed by atoms with Gasteiger partial charge >= 0.3 is 0 Å². The van der Waals surface area contributed by atoms with E-state index >= 15 is 0 Å². The summed E-state index contributed by atoms with van der Waals surface area (Å²) >= 11 is 0. The van der Waals surface area contributed by atoms with Crippen LogP contribution in [0.4, 0.5) is 0 Å². The molecule has 0 radical (unpaired) electrons. The van der Waals surface area contributed by atoms with Gasteiger partial charge in [-0.15, -0.1) is 0 Å². The lowest BCUT2D eigenvalue weighted by molar-refractivity contribution is 0.867. The lowest BCUT2D eigenvalue weighted by Gasteiger charge is -2.09. The van der Waals surface area contributed by atoms with E-state index in [4.69, 9.17) is 0 Å². The van der Waals surface area contributed by atoms with Crippen LogP contribution >= 0.6 is 0 Å². The second-order valence-electron chi connectivity index (χ2n) is 3.39. The van der Waals surface area contributed by atoms with Gasteiger partial charge in [-0.05, 0) is 18.4 Å².